The summed E-state index contributed by atoms with van der Waals surface area (Å²) in [6.45, 7) is 4.40. The number of nitrogens with zero attached hydrogens (tertiary/aromatic N) is 4. The molecule has 0 aliphatic carbocycles. The Morgan fingerprint density at radius 2 is 2.20 bits per heavy atom. The van der Waals surface area contributed by atoms with E-state index in [9.17, 15) is 4.79 Å². The number of rotatable bonds is 4. The van der Waals surface area contributed by atoms with Crippen molar-refractivity contribution in [1.82, 2.24) is 14.3 Å². The lowest BCUT2D eigenvalue weighted by Crippen LogP contribution is -2.30. The van der Waals surface area contributed by atoms with Crippen LogP contribution in [0.2, 0.25) is 0 Å². The first-order valence-corrected chi connectivity index (χ1v) is 6.24. The van der Waals surface area contributed by atoms with Gasteiger partial charge in [0, 0.05) is 18.4 Å². The fraction of sp³-hybridized carbons (Fsp3) is 0.308. The highest BCUT2D eigenvalue weighted by Crippen LogP contribution is 2.05. The number of nitrogens with two attached hydrogens (primary N) is 1. The van der Waals surface area contributed by atoms with E-state index in [1.807, 2.05) is 30.8 Å². The van der Waals surface area contributed by atoms with Crippen LogP contribution >= 0.6 is 0 Å². The molecule has 106 valence electrons. The van der Waals surface area contributed by atoms with Crippen LogP contribution in [0.3, 0.4) is 0 Å². The number of oxime groups is 1. The average Bonchev–Trinajstić information content (AvgIpc) is 2.89. The minimum Gasteiger partial charge on any atom is -0.409 e. The molecule has 20 heavy (non-hydrogen) atoms. The van der Waals surface area contributed by atoms with Gasteiger partial charge in [0.05, 0.1) is 17.8 Å². The molecule has 0 fully saturated rings. The molecule has 2 aromatic heterocycles. The number of pyridine rings is 1. The average molecular weight is 275 g/mol. The Balaban J connectivity index is 2.32. The van der Waals surface area contributed by atoms with E-state index >= 15 is 0 Å². The van der Waals surface area contributed by atoms with E-state index < -0.39 is 0 Å². The summed E-state index contributed by atoms with van der Waals surface area (Å²) in [6.07, 6.45) is 3.52. The second-order valence-corrected chi connectivity index (χ2v) is 4.72. The third-order valence-electron chi connectivity index (χ3n) is 2.93. The first-order chi connectivity index (χ1) is 9.52. The maximum absolute atomic E-state index is 12.2. The van der Waals surface area contributed by atoms with Crippen molar-refractivity contribution in [3.05, 3.63) is 52.2 Å². The van der Waals surface area contributed by atoms with Gasteiger partial charge < -0.3 is 15.5 Å². The Labute approximate surface area is 115 Å². The monoisotopic (exact) mass is 275 g/mol. The van der Waals surface area contributed by atoms with Crippen LogP contribution in [0.5, 0.6) is 0 Å². The highest BCUT2D eigenvalue weighted by Gasteiger charge is 2.09. The number of amidine groups is 1. The van der Waals surface area contributed by atoms with Gasteiger partial charge in [0.15, 0.2) is 5.84 Å². The molecule has 3 N–H and O–H groups in total. The van der Waals surface area contributed by atoms with Crippen LogP contribution in [0.15, 0.2) is 40.5 Å². The van der Waals surface area contributed by atoms with Crippen LogP contribution in [0.25, 0.3) is 0 Å². The molecule has 0 aliphatic heterocycles. The molecule has 0 radical (unpaired) electrons. The van der Waals surface area contributed by atoms with Gasteiger partial charge >= 0.3 is 0 Å². The van der Waals surface area contributed by atoms with Gasteiger partial charge in [0.2, 0.25) is 0 Å². The normalized spacial score (nSPS) is 12.1. The number of hydrogen-bond donors (Lipinski definition) is 2. The summed E-state index contributed by atoms with van der Waals surface area (Å²) in [5.74, 6) is -0.197. The second kappa shape index (κ2) is 5.60. The molecule has 0 saturated heterocycles. The van der Waals surface area contributed by atoms with Crippen LogP contribution in [0.1, 0.15) is 31.1 Å². The fourth-order valence-electron chi connectivity index (χ4n) is 1.83. The van der Waals surface area contributed by atoms with Crippen LogP contribution in [0.4, 0.5) is 0 Å². The Morgan fingerprint density at radius 3 is 2.80 bits per heavy atom. The minimum absolute atomic E-state index is 0.165. The number of aromatic nitrogens is 3. The van der Waals surface area contributed by atoms with E-state index in [1.165, 1.54) is 10.6 Å². The second-order valence-electron chi connectivity index (χ2n) is 4.72. The van der Waals surface area contributed by atoms with Gasteiger partial charge in [-0.3, -0.25) is 9.48 Å². The molecule has 0 aromatic carbocycles. The molecule has 0 bridgehead atoms. The molecule has 2 rings (SSSR count). The van der Waals surface area contributed by atoms with Crippen molar-refractivity contribution in [2.24, 2.45) is 10.9 Å². The first-order valence-electron chi connectivity index (χ1n) is 6.24. The van der Waals surface area contributed by atoms with Crippen molar-refractivity contribution in [3.8, 4) is 0 Å². The van der Waals surface area contributed by atoms with Gasteiger partial charge in [-0.05, 0) is 32.0 Å². The van der Waals surface area contributed by atoms with Gasteiger partial charge in [-0.2, -0.15) is 5.10 Å². The van der Waals surface area contributed by atoms with Crippen molar-refractivity contribution in [3.63, 3.8) is 0 Å². The molecular formula is C13H17N5O2. The van der Waals surface area contributed by atoms with Gasteiger partial charge in [-0.1, -0.05) is 5.16 Å². The lowest BCUT2D eigenvalue weighted by molar-refractivity contribution is 0.318. The largest absolute Gasteiger partial charge is 0.409 e. The SMILES string of the molecule is CC(C)n1ccc(Cn2cccc(/C(N)=N/O)c2=O)n1. The maximum atomic E-state index is 12.2. The first kappa shape index (κ1) is 13.9. The summed E-state index contributed by atoms with van der Waals surface area (Å²) in [7, 11) is 0. The molecule has 0 aliphatic rings. The van der Waals surface area contributed by atoms with Crippen molar-refractivity contribution in [2.45, 2.75) is 26.4 Å². The van der Waals surface area contributed by atoms with Crippen LogP contribution in [0, 0.1) is 0 Å². The van der Waals surface area contributed by atoms with Gasteiger partial charge in [0.25, 0.3) is 5.56 Å². The van der Waals surface area contributed by atoms with Gasteiger partial charge in [-0.25, -0.2) is 0 Å². The van der Waals surface area contributed by atoms with Gasteiger partial charge in [-0.15, -0.1) is 0 Å². The summed E-state index contributed by atoms with van der Waals surface area (Å²) < 4.78 is 3.30. The van der Waals surface area contributed by atoms with Crippen molar-refractivity contribution >= 4 is 5.84 Å². The number of hydrogen-bond acceptors (Lipinski definition) is 4. The lowest BCUT2D eigenvalue weighted by atomic mass is 10.2. The molecule has 7 heteroatoms. The third-order valence-corrected chi connectivity index (χ3v) is 2.93. The molecule has 2 heterocycles. The molecule has 0 unspecified atom stereocenters. The van der Waals surface area contributed by atoms with E-state index in [4.69, 9.17) is 10.9 Å². The molecule has 0 amide bonds. The van der Waals surface area contributed by atoms with Crippen LogP contribution in [-0.4, -0.2) is 25.4 Å². The Morgan fingerprint density at radius 1 is 1.45 bits per heavy atom. The topological polar surface area (TPSA) is 98.4 Å². The Bertz CT molecular complexity index is 684. The predicted molar refractivity (Wildman–Crippen MR) is 74.9 cm³/mol. The van der Waals surface area contributed by atoms with Crippen molar-refractivity contribution in [1.29, 1.82) is 0 Å². The highest BCUT2D eigenvalue weighted by molar-refractivity contribution is 5.96. The third kappa shape index (κ3) is 2.71. The summed E-state index contributed by atoms with van der Waals surface area (Å²) in [5, 5.41) is 15.9. The van der Waals surface area contributed by atoms with Crippen LogP contribution < -0.4 is 11.3 Å². The van der Waals surface area contributed by atoms with E-state index in [-0.39, 0.29) is 23.0 Å². The van der Waals surface area contributed by atoms with Gasteiger partial charge in [0.1, 0.15) is 0 Å². The standard InChI is InChI=1S/C13H17N5O2/c1-9(2)18-7-5-10(15-18)8-17-6-3-4-11(13(17)19)12(14)16-20/h3-7,9,20H,8H2,1-2H3,(H2,14,16). The molecule has 2 aromatic rings. The van der Waals surface area contributed by atoms with Crippen molar-refractivity contribution < 1.29 is 5.21 Å². The van der Waals surface area contributed by atoms with E-state index in [2.05, 4.69) is 10.3 Å². The van der Waals surface area contributed by atoms with E-state index in [0.29, 0.717) is 6.54 Å². The zero-order valence-electron chi connectivity index (χ0n) is 11.4. The predicted octanol–water partition coefficient (Wildman–Crippen LogP) is 0.769. The minimum atomic E-state index is -0.318. The summed E-state index contributed by atoms with van der Waals surface area (Å²) in [6, 6.07) is 5.32. The van der Waals surface area contributed by atoms with Crippen LogP contribution in [-0.2, 0) is 6.54 Å². The summed E-state index contributed by atoms with van der Waals surface area (Å²) >= 11 is 0. The fourth-order valence-corrected chi connectivity index (χ4v) is 1.83. The maximum Gasteiger partial charge on any atom is 0.262 e. The molecule has 0 saturated carbocycles. The zero-order valence-corrected chi connectivity index (χ0v) is 11.4. The highest BCUT2D eigenvalue weighted by atomic mass is 16.4. The Kier molecular flexibility index (Phi) is 3.88. The molecule has 0 atom stereocenters. The quantitative estimate of drug-likeness (QED) is 0.372. The summed E-state index contributed by atoms with van der Waals surface area (Å²) in [4.78, 5) is 12.2. The zero-order chi connectivity index (χ0) is 14.7. The molecule has 7 nitrogen and oxygen atoms in total. The van der Waals surface area contributed by atoms with Crippen molar-refractivity contribution in [2.75, 3.05) is 0 Å². The smallest absolute Gasteiger partial charge is 0.262 e. The summed E-state index contributed by atoms with van der Waals surface area (Å²) in [5.41, 5.74) is 6.09. The Hall–Kier alpha value is -2.57. The lowest BCUT2D eigenvalue weighted by Gasteiger charge is -2.06. The molecular weight excluding hydrogens is 258 g/mol. The molecule has 0 spiro atoms. The van der Waals surface area contributed by atoms with E-state index in [1.54, 1.807) is 12.3 Å². The van der Waals surface area contributed by atoms with E-state index in [0.717, 1.165) is 5.69 Å².